The Balaban J connectivity index is 0.00000144. The zero-order valence-electron chi connectivity index (χ0n) is 29.5. The molecule has 3 heterocycles. The lowest BCUT2D eigenvalue weighted by Gasteiger charge is -2.28. The molecule has 2 aliphatic rings. The van der Waals surface area contributed by atoms with Gasteiger partial charge in [0.05, 0.1) is 24.6 Å². The molecule has 2 aromatic carbocycles. The Labute approximate surface area is 282 Å². The molecule has 3 aromatic rings. The Bertz CT molecular complexity index is 1460. The van der Waals surface area contributed by atoms with Gasteiger partial charge in [-0.15, -0.1) is 0 Å². The van der Waals surface area contributed by atoms with Crippen LogP contribution in [-0.4, -0.2) is 99.7 Å². The van der Waals surface area contributed by atoms with Gasteiger partial charge in [0.25, 0.3) is 0 Å². The first-order valence-electron chi connectivity index (χ1n) is 16.9. The minimum Gasteiger partial charge on any atom is -0.492 e. The van der Waals surface area contributed by atoms with Gasteiger partial charge in [-0.25, -0.2) is 9.48 Å². The number of rotatable bonds is 9. The number of morpholine rings is 1. The smallest absolute Gasteiger partial charge is 0.324 e. The van der Waals surface area contributed by atoms with Crippen molar-refractivity contribution in [3.05, 3.63) is 65.9 Å². The summed E-state index contributed by atoms with van der Waals surface area (Å²) in [7, 11) is -1.91. The predicted molar refractivity (Wildman–Crippen MR) is 197 cm³/mol. The number of amides is 2. The number of benzene rings is 2. The summed E-state index contributed by atoms with van der Waals surface area (Å²) in [6.45, 7) is 21.6. The number of carbonyl (C=O) groups is 1. The van der Waals surface area contributed by atoms with Crippen molar-refractivity contribution >= 4 is 32.9 Å². The third-order valence-corrected chi connectivity index (χ3v) is 9.61. The second kappa shape index (κ2) is 18.2. The van der Waals surface area contributed by atoms with Crippen LogP contribution in [-0.2, 0) is 26.2 Å². The van der Waals surface area contributed by atoms with Gasteiger partial charge in [0, 0.05) is 67.9 Å². The summed E-state index contributed by atoms with van der Waals surface area (Å²) in [6.07, 6.45) is 0. The van der Waals surface area contributed by atoms with Crippen LogP contribution in [0.2, 0.25) is 0 Å². The molecule has 5 rings (SSSR count). The van der Waals surface area contributed by atoms with Crippen LogP contribution in [0.5, 0.6) is 5.75 Å². The molecule has 2 aliphatic heterocycles. The van der Waals surface area contributed by atoms with E-state index in [0.717, 1.165) is 69.6 Å². The summed E-state index contributed by atoms with van der Waals surface area (Å²) < 4.78 is 25.2. The topological polar surface area (TPSA) is 101 Å². The summed E-state index contributed by atoms with van der Waals surface area (Å²) in [5, 5.41) is 10.7. The van der Waals surface area contributed by atoms with Gasteiger partial charge in [-0.3, -0.25) is 19.3 Å². The van der Waals surface area contributed by atoms with E-state index in [1.165, 1.54) is 5.56 Å². The maximum Gasteiger partial charge on any atom is 0.324 e. The van der Waals surface area contributed by atoms with E-state index in [9.17, 15) is 9.00 Å². The second-order valence-electron chi connectivity index (χ2n) is 12.3. The first kappa shape index (κ1) is 38.1. The van der Waals surface area contributed by atoms with Crippen molar-refractivity contribution in [2.45, 2.75) is 60.4 Å². The summed E-state index contributed by atoms with van der Waals surface area (Å²) in [5.41, 5.74) is 3.36. The van der Waals surface area contributed by atoms with Gasteiger partial charge < -0.3 is 14.8 Å². The minimum atomic E-state index is -1.91. The lowest BCUT2D eigenvalue weighted by molar-refractivity contribution is 0.0322. The first-order chi connectivity index (χ1) is 22.5. The average Bonchev–Trinajstić information content (AvgIpc) is 3.50. The Morgan fingerprint density at radius 1 is 0.915 bits per heavy atom. The molecular weight excluding hydrogens is 613 g/mol. The molecule has 2 amide bonds. The maximum atomic E-state index is 13.0. The van der Waals surface area contributed by atoms with Crippen molar-refractivity contribution in [1.29, 1.82) is 0 Å². The Morgan fingerprint density at radius 2 is 1.53 bits per heavy atom. The van der Waals surface area contributed by atoms with Gasteiger partial charge in [-0.2, -0.15) is 5.10 Å². The molecule has 1 aromatic heterocycles. The van der Waals surface area contributed by atoms with E-state index in [4.69, 9.17) is 14.6 Å². The molecular formula is C36H56N6O4S. The number of ether oxygens (including phenoxy) is 2. The van der Waals surface area contributed by atoms with E-state index in [0.29, 0.717) is 29.6 Å². The number of nitrogens with zero attached hydrogens (tertiary/aromatic N) is 4. The zero-order valence-corrected chi connectivity index (χ0v) is 30.3. The van der Waals surface area contributed by atoms with E-state index in [-0.39, 0.29) is 11.4 Å². The third kappa shape index (κ3) is 12.0. The quantitative estimate of drug-likeness (QED) is 0.266. The van der Waals surface area contributed by atoms with Crippen molar-refractivity contribution in [2.24, 2.45) is 0 Å². The van der Waals surface area contributed by atoms with Crippen molar-refractivity contribution in [3.8, 4) is 11.4 Å². The summed E-state index contributed by atoms with van der Waals surface area (Å²) >= 11 is 0. The standard InChI is InChI=1S/C32H44N6O4S.2C2H6/c1-32(2,3)29-23-30(38(35-29)27-9-5-25(6-10-27)24-37-16-21-43(4,40)22-17-37)34-31(39)33-26-7-11-28(12-8-26)42-20-15-36-13-18-41-19-14-36;2*1-2/h5-12,23H,4,13-22,24H2,1-3H3,(H2,33,34,39);2*1-2H3. The minimum absolute atomic E-state index is 0.198. The highest BCUT2D eigenvalue weighted by molar-refractivity contribution is 8.00. The zero-order chi connectivity index (χ0) is 34.5. The van der Waals surface area contributed by atoms with Crippen LogP contribution >= 0.6 is 0 Å². The summed E-state index contributed by atoms with van der Waals surface area (Å²) in [5.74, 6) is 6.51. The van der Waals surface area contributed by atoms with E-state index in [1.807, 2.05) is 70.2 Å². The molecule has 10 nitrogen and oxygen atoms in total. The molecule has 2 fully saturated rings. The molecule has 2 saturated heterocycles. The highest BCUT2D eigenvalue weighted by Crippen LogP contribution is 2.27. The highest BCUT2D eigenvalue weighted by atomic mass is 32.2. The van der Waals surface area contributed by atoms with Crippen LogP contribution in [0.4, 0.5) is 16.3 Å². The largest absolute Gasteiger partial charge is 0.492 e. The Kier molecular flexibility index (Phi) is 14.8. The van der Waals surface area contributed by atoms with Gasteiger partial charge in [0.15, 0.2) is 0 Å². The van der Waals surface area contributed by atoms with Crippen LogP contribution in [0.3, 0.4) is 0 Å². The van der Waals surface area contributed by atoms with Gasteiger partial charge in [-0.05, 0) is 57.4 Å². The van der Waals surface area contributed by atoms with E-state index in [2.05, 4.69) is 59.2 Å². The molecule has 0 saturated carbocycles. The van der Waals surface area contributed by atoms with Gasteiger partial charge in [0.2, 0.25) is 0 Å². The van der Waals surface area contributed by atoms with Gasteiger partial charge >= 0.3 is 6.03 Å². The molecule has 0 spiro atoms. The molecule has 0 unspecified atom stereocenters. The molecule has 47 heavy (non-hydrogen) atoms. The van der Waals surface area contributed by atoms with Crippen molar-refractivity contribution in [3.63, 3.8) is 0 Å². The van der Waals surface area contributed by atoms with Crippen LogP contribution in [0.1, 0.15) is 59.7 Å². The fourth-order valence-corrected chi connectivity index (χ4v) is 6.41. The van der Waals surface area contributed by atoms with Crippen LogP contribution in [0.25, 0.3) is 5.69 Å². The maximum absolute atomic E-state index is 13.0. The number of aromatic nitrogens is 2. The lowest BCUT2D eigenvalue weighted by Crippen LogP contribution is -2.39. The van der Waals surface area contributed by atoms with Crippen LogP contribution in [0, 0.1) is 0 Å². The monoisotopic (exact) mass is 668 g/mol. The fraction of sp³-hybridized carbons (Fsp3) is 0.528. The van der Waals surface area contributed by atoms with Crippen molar-refractivity contribution in [1.82, 2.24) is 19.6 Å². The van der Waals surface area contributed by atoms with E-state index >= 15 is 0 Å². The second-order valence-corrected chi connectivity index (χ2v) is 15.0. The van der Waals surface area contributed by atoms with E-state index < -0.39 is 9.52 Å². The van der Waals surface area contributed by atoms with Gasteiger partial charge in [0.1, 0.15) is 18.2 Å². The molecule has 0 atom stereocenters. The fourth-order valence-electron chi connectivity index (χ4n) is 5.03. The Hall–Kier alpha value is -3.38. The molecule has 0 bridgehead atoms. The first-order valence-corrected chi connectivity index (χ1v) is 19.0. The number of anilines is 2. The summed E-state index contributed by atoms with van der Waals surface area (Å²) in [4.78, 5) is 17.7. The third-order valence-electron chi connectivity index (χ3n) is 7.76. The summed E-state index contributed by atoms with van der Waals surface area (Å²) in [6, 6.07) is 17.1. The van der Waals surface area contributed by atoms with Crippen molar-refractivity contribution in [2.75, 3.05) is 74.7 Å². The number of nitrogens with one attached hydrogen (secondary N) is 2. The van der Waals surface area contributed by atoms with Crippen molar-refractivity contribution < 1.29 is 18.5 Å². The highest BCUT2D eigenvalue weighted by Gasteiger charge is 2.22. The van der Waals surface area contributed by atoms with Crippen LogP contribution in [0.15, 0.2) is 54.6 Å². The SMILES string of the molecule is C=S1(=O)CCN(Cc2ccc(-n3nc(C(C)(C)C)cc3NC(=O)Nc3ccc(OCCN4CCOCC4)cc3)cc2)CC1.CC.CC. The predicted octanol–water partition coefficient (Wildman–Crippen LogP) is 6.11. The molecule has 0 aliphatic carbocycles. The Morgan fingerprint density at radius 3 is 2.13 bits per heavy atom. The van der Waals surface area contributed by atoms with Crippen LogP contribution < -0.4 is 15.4 Å². The molecule has 2 N–H and O–H groups in total. The van der Waals surface area contributed by atoms with Gasteiger partial charge in [-0.1, -0.05) is 60.6 Å². The average molecular weight is 669 g/mol. The molecule has 260 valence electrons. The number of carbonyl (C=O) groups excluding carboxylic acids is 1. The number of urea groups is 1. The lowest BCUT2D eigenvalue weighted by atomic mass is 9.92. The van der Waals surface area contributed by atoms with E-state index in [1.54, 1.807) is 4.68 Å². The number of hydrogen-bond donors (Lipinski definition) is 2. The molecule has 0 radical (unpaired) electrons. The normalized spacial score (nSPS) is 16.6. The number of hydrogen-bond acceptors (Lipinski definition) is 7. The molecule has 11 heteroatoms.